The molecule has 14 heavy (non-hydrogen) atoms. The minimum Gasteiger partial charge on any atom is -0.330 e. The fraction of sp³-hybridized carbons (Fsp3) is 0.333. The van der Waals surface area contributed by atoms with Gasteiger partial charge in [0.05, 0.1) is 0 Å². The first-order valence-corrected chi connectivity index (χ1v) is 4.92. The summed E-state index contributed by atoms with van der Waals surface area (Å²) in [5.41, 5.74) is 8.68. The van der Waals surface area contributed by atoms with E-state index >= 15 is 0 Å². The standard InChI is InChI=1S/C12H14FN/c1-8(7-14)9-5-6-11-10(9)3-2-4-12(11)13/h2-5,8H,6-7,14H2,1H3. The predicted octanol–water partition coefficient (Wildman–Crippen LogP) is 2.36. The fourth-order valence-electron chi connectivity index (χ4n) is 1.95. The van der Waals surface area contributed by atoms with Crippen LogP contribution in [0.1, 0.15) is 18.1 Å². The molecule has 0 bridgehead atoms. The van der Waals surface area contributed by atoms with Crippen molar-refractivity contribution >= 4 is 5.57 Å². The van der Waals surface area contributed by atoms with Gasteiger partial charge in [0.15, 0.2) is 0 Å². The maximum atomic E-state index is 13.4. The lowest BCUT2D eigenvalue weighted by Crippen LogP contribution is -2.11. The summed E-state index contributed by atoms with van der Waals surface area (Å²) in [5, 5.41) is 0. The molecule has 0 aliphatic heterocycles. The molecule has 1 aromatic carbocycles. The zero-order valence-electron chi connectivity index (χ0n) is 8.26. The van der Waals surface area contributed by atoms with Crippen LogP contribution < -0.4 is 5.73 Å². The van der Waals surface area contributed by atoms with Crippen molar-refractivity contribution < 1.29 is 4.39 Å². The van der Waals surface area contributed by atoms with E-state index < -0.39 is 0 Å². The molecule has 0 radical (unpaired) electrons. The highest BCUT2D eigenvalue weighted by atomic mass is 19.1. The number of nitrogens with two attached hydrogens (primary N) is 1. The average Bonchev–Trinajstić information content (AvgIpc) is 2.62. The molecule has 0 saturated heterocycles. The molecule has 0 heterocycles. The van der Waals surface area contributed by atoms with Gasteiger partial charge >= 0.3 is 0 Å². The number of hydrogen-bond donors (Lipinski definition) is 1. The van der Waals surface area contributed by atoms with Crippen LogP contribution in [0.2, 0.25) is 0 Å². The van der Waals surface area contributed by atoms with Crippen LogP contribution in [-0.2, 0) is 6.42 Å². The van der Waals surface area contributed by atoms with Crippen molar-refractivity contribution in [3.63, 3.8) is 0 Å². The second kappa shape index (κ2) is 3.54. The van der Waals surface area contributed by atoms with Gasteiger partial charge in [-0.3, -0.25) is 0 Å². The zero-order chi connectivity index (χ0) is 10.1. The van der Waals surface area contributed by atoms with Crippen molar-refractivity contribution in [1.82, 2.24) is 0 Å². The van der Waals surface area contributed by atoms with Gasteiger partial charge in [0.25, 0.3) is 0 Å². The van der Waals surface area contributed by atoms with Crippen LogP contribution in [0.25, 0.3) is 5.57 Å². The molecule has 0 saturated carbocycles. The minimum atomic E-state index is -0.0991. The van der Waals surface area contributed by atoms with E-state index in [-0.39, 0.29) is 5.82 Å². The third-order valence-electron chi connectivity index (χ3n) is 2.84. The number of halogens is 1. The molecule has 74 valence electrons. The molecular formula is C12H14FN. The van der Waals surface area contributed by atoms with Crippen molar-refractivity contribution in [3.05, 3.63) is 41.2 Å². The van der Waals surface area contributed by atoms with Gasteiger partial charge in [-0.2, -0.15) is 0 Å². The quantitative estimate of drug-likeness (QED) is 0.763. The van der Waals surface area contributed by atoms with E-state index in [1.165, 1.54) is 11.6 Å². The van der Waals surface area contributed by atoms with Crippen LogP contribution in [0.3, 0.4) is 0 Å². The summed E-state index contributed by atoms with van der Waals surface area (Å²) in [5.74, 6) is 0.219. The van der Waals surface area contributed by atoms with Crippen molar-refractivity contribution in [1.29, 1.82) is 0 Å². The lowest BCUT2D eigenvalue weighted by molar-refractivity contribution is 0.615. The lowest BCUT2D eigenvalue weighted by atomic mass is 9.95. The smallest absolute Gasteiger partial charge is 0.127 e. The van der Waals surface area contributed by atoms with Crippen molar-refractivity contribution in [2.24, 2.45) is 11.7 Å². The fourth-order valence-corrected chi connectivity index (χ4v) is 1.95. The van der Waals surface area contributed by atoms with Gasteiger partial charge in [-0.25, -0.2) is 4.39 Å². The maximum Gasteiger partial charge on any atom is 0.127 e. The topological polar surface area (TPSA) is 26.0 Å². The first kappa shape index (κ1) is 9.41. The molecule has 2 rings (SSSR count). The highest BCUT2D eigenvalue weighted by molar-refractivity contribution is 5.74. The second-order valence-corrected chi connectivity index (χ2v) is 3.77. The van der Waals surface area contributed by atoms with E-state index in [1.54, 1.807) is 6.07 Å². The molecule has 0 spiro atoms. The summed E-state index contributed by atoms with van der Waals surface area (Å²) in [6.07, 6.45) is 2.80. The summed E-state index contributed by atoms with van der Waals surface area (Å²) in [6, 6.07) is 5.25. The highest BCUT2D eigenvalue weighted by Crippen LogP contribution is 2.33. The molecule has 1 aromatic rings. The molecule has 1 aliphatic rings. The summed E-state index contributed by atoms with van der Waals surface area (Å²) in [7, 11) is 0. The van der Waals surface area contributed by atoms with Gasteiger partial charge in [0, 0.05) is 0 Å². The van der Waals surface area contributed by atoms with Gasteiger partial charge in [-0.15, -0.1) is 0 Å². The molecule has 1 aliphatic carbocycles. The first-order valence-electron chi connectivity index (χ1n) is 4.92. The van der Waals surface area contributed by atoms with Crippen LogP contribution >= 0.6 is 0 Å². The third-order valence-corrected chi connectivity index (χ3v) is 2.84. The van der Waals surface area contributed by atoms with Crippen molar-refractivity contribution in [2.75, 3.05) is 6.54 Å². The Bertz CT molecular complexity index is 382. The van der Waals surface area contributed by atoms with Crippen LogP contribution in [0.15, 0.2) is 24.3 Å². The molecule has 1 unspecified atom stereocenters. The molecule has 0 fully saturated rings. The summed E-state index contributed by atoms with van der Waals surface area (Å²) >= 11 is 0. The van der Waals surface area contributed by atoms with Crippen LogP contribution in [0, 0.1) is 11.7 Å². The summed E-state index contributed by atoms with van der Waals surface area (Å²) in [6.45, 7) is 2.69. The largest absolute Gasteiger partial charge is 0.330 e. The van der Waals surface area contributed by atoms with Crippen LogP contribution in [0.4, 0.5) is 4.39 Å². The SMILES string of the molecule is CC(CN)C1=CCc2c(F)cccc21. The van der Waals surface area contributed by atoms with Gasteiger partial charge in [0.2, 0.25) is 0 Å². The van der Waals surface area contributed by atoms with Gasteiger partial charge < -0.3 is 5.73 Å². The molecule has 0 amide bonds. The average molecular weight is 191 g/mol. The van der Waals surface area contributed by atoms with Crippen molar-refractivity contribution in [3.8, 4) is 0 Å². The van der Waals surface area contributed by atoms with E-state index in [0.29, 0.717) is 18.9 Å². The summed E-state index contributed by atoms with van der Waals surface area (Å²) in [4.78, 5) is 0. The molecule has 2 heteroatoms. The zero-order valence-corrected chi connectivity index (χ0v) is 8.26. The second-order valence-electron chi connectivity index (χ2n) is 3.77. The monoisotopic (exact) mass is 191 g/mol. The molecule has 2 N–H and O–H groups in total. The highest BCUT2D eigenvalue weighted by Gasteiger charge is 2.20. The van der Waals surface area contributed by atoms with E-state index in [0.717, 1.165) is 11.1 Å². The minimum absolute atomic E-state index is 0.0991. The Hall–Kier alpha value is -1.15. The first-order chi connectivity index (χ1) is 6.74. The Morgan fingerprint density at radius 3 is 3.00 bits per heavy atom. The van der Waals surface area contributed by atoms with E-state index in [9.17, 15) is 4.39 Å². The Balaban J connectivity index is 2.42. The number of fused-ring (bicyclic) bond motifs is 1. The van der Waals surface area contributed by atoms with E-state index in [1.807, 2.05) is 6.07 Å². The Morgan fingerprint density at radius 2 is 2.29 bits per heavy atom. The van der Waals surface area contributed by atoms with E-state index in [2.05, 4.69) is 13.0 Å². The summed E-state index contributed by atoms with van der Waals surface area (Å²) < 4.78 is 13.4. The van der Waals surface area contributed by atoms with E-state index in [4.69, 9.17) is 5.73 Å². The van der Waals surface area contributed by atoms with Gasteiger partial charge in [0.1, 0.15) is 5.82 Å². The van der Waals surface area contributed by atoms with Gasteiger partial charge in [-0.05, 0) is 41.6 Å². The number of benzene rings is 1. The normalized spacial score (nSPS) is 16.4. The Labute approximate surface area is 83.4 Å². The van der Waals surface area contributed by atoms with Gasteiger partial charge in [-0.1, -0.05) is 25.1 Å². The molecule has 1 atom stereocenters. The van der Waals surface area contributed by atoms with Crippen LogP contribution in [0.5, 0.6) is 0 Å². The Morgan fingerprint density at radius 1 is 1.50 bits per heavy atom. The molecular weight excluding hydrogens is 177 g/mol. The molecule has 0 aromatic heterocycles. The Kier molecular flexibility index (Phi) is 2.38. The number of allylic oxidation sites excluding steroid dienone is 1. The predicted molar refractivity (Wildman–Crippen MR) is 56.3 cm³/mol. The maximum absolute atomic E-state index is 13.4. The number of hydrogen-bond acceptors (Lipinski definition) is 1. The third kappa shape index (κ3) is 1.36. The lowest BCUT2D eigenvalue weighted by Gasteiger charge is -2.12. The number of rotatable bonds is 2. The van der Waals surface area contributed by atoms with Crippen LogP contribution in [-0.4, -0.2) is 6.54 Å². The van der Waals surface area contributed by atoms with Crippen molar-refractivity contribution in [2.45, 2.75) is 13.3 Å². The molecule has 1 nitrogen and oxygen atoms in total.